The topological polar surface area (TPSA) is 84.0 Å². The molecule has 1 atom stereocenters. The summed E-state index contributed by atoms with van der Waals surface area (Å²) in [6.45, 7) is 3.12. The Labute approximate surface area is 131 Å². The predicted molar refractivity (Wildman–Crippen MR) is 81.1 cm³/mol. The molecule has 2 heterocycles. The molecule has 0 radical (unpaired) electrons. The lowest BCUT2D eigenvalue weighted by Gasteiger charge is -2.34. The number of hydrogen-bond acceptors (Lipinski definition) is 5. The molecule has 2 aliphatic heterocycles. The van der Waals surface area contributed by atoms with Gasteiger partial charge in [-0.05, 0) is 26.2 Å². The maximum Gasteiger partial charge on any atom is 0.409 e. The highest BCUT2D eigenvalue weighted by atomic mass is 32.2. The largest absolute Gasteiger partial charge is 0.450 e. The van der Waals surface area contributed by atoms with Crippen LogP contribution in [0.25, 0.3) is 0 Å². The Morgan fingerprint density at radius 1 is 1.23 bits per heavy atom. The molecule has 0 saturated carbocycles. The van der Waals surface area contributed by atoms with E-state index in [1.807, 2.05) is 0 Å². The zero-order valence-electron chi connectivity index (χ0n) is 13.2. The SMILES string of the molecule is CCOC(=O)N1CCC(C(=O)N(C)C2CCS(=O)(=O)C2)CC1. The van der Waals surface area contributed by atoms with E-state index in [1.165, 1.54) is 0 Å². The van der Waals surface area contributed by atoms with Gasteiger partial charge in [0.25, 0.3) is 0 Å². The van der Waals surface area contributed by atoms with E-state index in [1.54, 1.807) is 23.8 Å². The second kappa shape index (κ2) is 6.85. The van der Waals surface area contributed by atoms with E-state index in [0.717, 1.165) is 0 Å². The summed E-state index contributed by atoms with van der Waals surface area (Å²) >= 11 is 0. The Kier molecular flexibility index (Phi) is 5.31. The minimum Gasteiger partial charge on any atom is -0.450 e. The van der Waals surface area contributed by atoms with E-state index in [0.29, 0.717) is 39.0 Å². The van der Waals surface area contributed by atoms with Crippen LogP contribution < -0.4 is 0 Å². The standard InChI is InChI=1S/C14H24N2O5S/c1-3-21-14(18)16-7-4-11(5-8-16)13(17)15(2)12-6-9-22(19,20)10-12/h11-12H,3-10H2,1-2H3. The third-order valence-corrected chi connectivity index (χ3v) is 6.22. The molecule has 0 N–H and O–H groups in total. The van der Waals surface area contributed by atoms with Gasteiger partial charge in [-0.1, -0.05) is 0 Å². The summed E-state index contributed by atoms with van der Waals surface area (Å²) in [5.74, 6) is 0.0811. The van der Waals surface area contributed by atoms with Crippen LogP contribution in [-0.4, -0.2) is 74.5 Å². The summed E-state index contributed by atoms with van der Waals surface area (Å²) in [4.78, 5) is 27.3. The molecule has 2 fully saturated rings. The zero-order valence-corrected chi connectivity index (χ0v) is 14.0. The first-order valence-electron chi connectivity index (χ1n) is 7.73. The van der Waals surface area contributed by atoms with Crippen molar-refractivity contribution in [2.24, 2.45) is 5.92 Å². The molecule has 1 unspecified atom stereocenters. The number of carbonyl (C=O) groups is 2. The number of nitrogens with zero attached hydrogens (tertiary/aromatic N) is 2. The van der Waals surface area contributed by atoms with Crippen molar-refractivity contribution >= 4 is 21.8 Å². The van der Waals surface area contributed by atoms with Crippen LogP contribution in [0.5, 0.6) is 0 Å². The Morgan fingerprint density at radius 3 is 2.36 bits per heavy atom. The Hall–Kier alpha value is -1.31. The van der Waals surface area contributed by atoms with Gasteiger partial charge in [0.15, 0.2) is 9.84 Å². The summed E-state index contributed by atoms with van der Waals surface area (Å²) in [6, 6.07) is -0.208. The first kappa shape index (κ1) is 17.1. The van der Waals surface area contributed by atoms with Gasteiger partial charge in [-0.3, -0.25) is 4.79 Å². The smallest absolute Gasteiger partial charge is 0.409 e. The fourth-order valence-electron chi connectivity index (χ4n) is 3.07. The van der Waals surface area contributed by atoms with E-state index in [2.05, 4.69) is 0 Å². The second-order valence-electron chi connectivity index (χ2n) is 5.97. The third kappa shape index (κ3) is 3.91. The molecule has 0 bridgehead atoms. The van der Waals surface area contributed by atoms with Crippen molar-refractivity contribution in [1.82, 2.24) is 9.80 Å². The van der Waals surface area contributed by atoms with Crippen molar-refractivity contribution in [2.45, 2.75) is 32.2 Å². The predicted octanol–water partition coefficient (Wildman–Crippen LogP) is 0.500. The van der Waals surface area contributed by atoms with E-state index < -0.39 is 9.84 Å². The summed E-state index contributed by atoms with van der Waals surface area (Å²) in [6.07, 6.45) is 1.39. The van der Waals surface area contributed by atoms with Crippen molar-refractivity contribution in [3.63, 3.8) is 0 Å². The molecular weight excluding hydrogens is 308 g/mol. The first-order chi connectivity index (χ1) is 10.3. The van der Waals surface area contributed by atoms with Gasteiger partial charge in [-0.25, -0.2) is 13.2 Å². The van der Waals surface area contributed by atoms with Crippen molar-refractivity contribution < 1.29 is 22.7 Å². The summed E-state index contributed by atoms with van der Waals surface area (Å²) in [5.41, 5.74) is 0. The third-order valence-electron chi connectivity index (χ3n) is 4.47. The van der Waals surface area contributed by atoms with Gasteiger partial charge in [0.2, 0.25) is 5.91 Å². The Bertz CT molecular complexity index is 525. The molecule has 8 heteroatoms. The van der Waals surface area contributed by atoms with Crippen LogP contribution in [0.1, 0.15) is 26.2 Å². The van der Waals surface area contributed by atoms with Gasteiger partial charge >= 0.3 is 6.09 Å². The fraction of sp³-hybridized carbons (Fsp3) is 0.857. The number of piperidine rings is 1. The van der Waals surface area contributed by atoms with Gasteiger partial charge in [0.1, 0.15) is 0 Å². The number of hydrogen-bond donors (Lipinski definition) is 0. The molecule has 2 saturated heterocycles. The number of likely N-dealkylation sites (tertiary alicyclic amines) is 1. The minimum atomic E-state index is -2.99. The maximum atomic E-state index is 12.5. The lowest BCUT2D eigenvalue weighted by molar-refractivity contribution is -0.137. The van der Waals surface area contributed by atoms with E-state index in [9.17, 15) is 18.0 Å². The number of rotatable bonds is 3. The Morgan fingerprint density at radius 2 is 1.86 bits per heavy atom. The minimum absolute atomic E-state index is 0.00870. The van der Waals surface area contributed by atoms with Crippen LogP contribution in [0.3, 0.4) is 0 Å². The van der Waals surface area contributed by atoms with Gasteiger partial charge in [0.05, 0.1) is 18.1 Å². The first-order valence-corrected chi connectivity index (χ1v) is 9.55. The number of carbonyl (C=O) groups excluding carboxylic acids is 2. The average molecular weight is 332 g/mol. The molecule has 2 rings (SSSR count). The van der Waals surface area contributed by atoms with Gasteiger partial charge < -0.3 is 14.5 Å². The van der Waals surface area contributed by atoms with Crippen LogP contribution in [0.4, 0.5) is 4.79 Å². The van der Waals surface area contributed by atoms with E-state index in [-0.39, 0.29) is 35.5 Å². The molecule has 0 aromatic heterocycles. The van der Waals surface area contributed by atoms with Crippen molar-refractivity contribution in [3.05, 3.63) is 0 Å². The summed E-state index contributed by atoms with van der Waals surface area (Å²) in [7, 11) is -1.31. The van der Waals surface area contributed by atoms with Crippen molar-refractivity contribution in [1.29, 1.82) is 0 Å². The highest BCUT2D eigenvalue weighted by molar-refractivity contribution is 7.91. The normalized spacial score (nSPS) is 25.0. The highest BCUT2D eigenvalue weighted by Crippen LogP contribution is 2.23. The highest BCUT2D eigenvalue weighted by Gasteiger charge is 2.36. The molecule has 0 aromatic rings. The van der Waals surface area contributed by atoms with Crippen LogP contribution in [0, 0.1) is 5.92 Å². The van der Waals surface area contributed by atoms with Crippen LogP contribution >= 0.6 is 0 Å². The van der Waals surface area contributed by atoms with Gasteiger partial charge in [-0.2, -0.15) is 0 Å². The van der Waals surface area contributed by atoms with Crippen LogP contribution in [-0.2, 0) is 19.4 Å². The monoisotopic (exact) mass is 332 g/mol. The van der Waals surface area contributed by atoms with Gasteiger partial charge in [-0.15, -0.1) is 0 Å². The van der Waals surface area contributed by atoms with E-state index >= 15 is 0 Å². The quantitative estimate of drug-likeness (QED) is 0.751. The summed E-state index contributed by atoms with van der Waals surface area (Å²) < 4.78 is 28.0. The lowest BCUT2D eigenvalue weighted by Crippen LogP contribution is -2.46. The fourth-order valence-corrected chi connectivity index (χ4v) is 4.85. The maximum absolute atomic E-state index is 12.5. The number of ether oxygens (including phenoxy) is 1. The number of amides is 2. The zero-order chi connectivity index (χ0) is 16.3. The molecular formula is C14H24N2O5S. The molecule has 0 aromatic carbocycles. The Balaban J connectivity index is 1.86. The average Bonchev–Trinajstić information content (AvgIpc) is 2.86. The van der Waals surface area contributed by atoms with Crippen LogP contribution in [0.2, 0.25) is 0 Å². The molecule has 0 spiro atoms. The molecule has 2 amide bonds. The molecule has 2 aliphatic rings. The van der Waals surface area contributed by atoms with Crippen LogP contribution in [0.15, 0.2) is 0 Å². The molecule has 7 nitrogen and oxygen atoms in total. The number of sulfone groups is 1. The van der Waals surface area contributed by atoms with Gasteiger partial charge in [0, 0.05) is 32.1 Å². The van der Waals surface area contributed by atoms with Crippen molar-refractivity contribution in [2.75, 3.05) is 38.2 Å². The summed E-state index contributed by atoms with van der Waals surface area (Å²) in [5, 5.41) is 0. The lowest BCUT2D eigenvalue weighted by atomic mass is 9.95. The second-order valence-corrected chi connectivity index (χ2v) is 8.19. The van der Waals surface area contributed by atoms with Crippen molar-refractivity contribution in [3.8, 4) is 0 Å². The molecule has 22 heavy (non-hydrogen) atoms. The molecule has 0 aliphatic carbocycles. The molecule has 126 valence electrons. The van der Waals surface area contributed by atoms with E-state index in [4.69, 9.17) is 4.74 Å².